The Labute approximate surface area is 176 Å². The van der Waals surface area contributed by atoms with Crippen LogP contribution < -0.4 is 5.32 Å². The molecule has 168 valence electrons. The van der Waals surface area contributed by atoms with Crippen molar-refractivity contribution in [3.8, 4) is 12.8 Å². The van der Waals surface area contributed by atoms with Gasteiger partial charge in [-0.2, -0.15) is 26.3 Å². The Morgan fingerprint density at radius 3 is 1.90 bits per heavy atom. The predicted molar refractivity (Wildman–Crippen MR) is 108 cm³/mol. The van der Waals surface area contributed by atoms with Gasteiger partial charge >= 0.3 is 12.4 Å². The fraction of sp³-hybridized carbons (Fsp3) is 0.500. The molecular weight excluding hydrogens is 430 g/mol. The minimum absolute atomic E-state index is 0.0677. The molecule has 2 unspecified atom stereocenters. The molecule has 0 aliphatic heterocycles. The first-order valence-electron chi connectivity index (χ1n) is 8.80. The molecule has 0 aliphatic rings. The average molecular weight is 454 g/mol. The zero-order valence-electron chi connectivity index (χ0n) is 17.0. The van der Waals surface area contributed by atoms with Crippen molar-refractivity contribution in [3.63, 3.8) is 0 Å². The zero-order chi connectivity index (χ0) is 23.7. The lowest BCUT2D eigenvalue weighted by Gasteiger charge is -2.18. The van der Waals surface area contributed by atoms with Gasteiger partial charge in [-0.15, -0.1) is 12.8 Å². The topological polar surface area (TPSA) is 41.5 Å². The number of carbonyl (C=O) groups is 1. The monoisotopic (exact) mass is 454 g/mol. The maximum atomic E-state index is 12.9. The van der Waals surface area contributed by atoms with Crippen LogP contribution in [0.3, 0.4) is 0 Å². The molecule has 0 aromatic heterocycles. The van der Waals surface area contributed by atoms with Gasteiger partial charge in [0.1, 0.15) is 0 Å². The number of nitrogens with one attached hydrogen (secondary N) is 1. The lowest BCUT2D eigenvalue weighted by Crippen LogP contribution is -2.35. The summed E-state index contributed by atoms with van der Waals surface area (Å²) in [6.07, 6.45) is 0.551. The van der Waals surface area contributed by atoms with Gasteiger partial charge in [0.05, 0.1) is 17.7 Å². The average Bonchev–Trinajstić information content (AvgIpc) is 2.69. The van der Waals surface area contributed by atoms with E-state index in [9.17, 15) is 31.1 Å². The van der Waals surface area contributed by atoms with Gasteiger partial charge in [-0.1, -0.05) is 39.0 Å². The van der Waals surface area contributed by atoms with E-state index in [1.54, 1.807) is 13.2 Å². The van der Waals surface area contributed by atoms with E-state index >= 15 is 0 Å². The highest BCUT2D eigenvalue weighted by atomic mass is 32.2. The summed E-state index contributed by atoms with van der Waals surface area (Å²) in [5.74, 6) is -0.504. The maximum absolute atomic E-state index is 12.9. The van der Waals surface area contributed by atoms with Crippen molar-refractivity contribution in [3.05, 3.63) is 34.9 Å². The first-order valence-corrected chi connectivity index (χ1v) is 10.0. The van der Waals surface area contributed by atoms with Crippen molar-refractivity contribution in [2.75, 3.05) is 6.26 Å². The van der Waals surface area contributed by atoms with Crippen LogP contribution in [0.5, 0.6) is 0 Å². The van der Waals surface area contributed by atoms with Gasteiger partial charge in [-0.05, 0) is 35.9 Å². The molecule has 1 aromatic rings. The third-order valence-corrected chi connectivity index (χ3v) is 5.01. The van der Waals surface area contributed by atoms with Crippen LogP contribution in [-0.4, -0.2) is 17.3 Å². The number of rotatable bonds is 5. The van der Waals surface area contributed by atoms with Crippen LogP contribution in [0, 0.1) is 24.7 Å². The van der Waals surface area contributed by atoms with Crippen molar-refractivity contribution in [1.29, 1.82) is 0 Å². The van der Waals surface area contributed by atoms with E-state index in [0.717, 1.165) is 18.2 Å². The third-order valence-electron chi connectivity index (χ3n) is 4.39. The van der Waals surface area contributed by atoms with Crippen molar-refractivity contribution < 1.29 is 31.1 Å². The Balaban J connectivity index is 0.00000407. The number of aliphatic imine (C=N–C) groups is 1. The first-order chi connectivity index (χ1) is 13.8. The normalized spacial score (nSPS) is 14.3. The quantitative estimate of drug-likeness (QED) is 0.257. The number of halogens is 6. The number of hydrogen-bond donors (Lipinski definition) is 1. The number of benzene rings is 1. The van der Waals surface area contributed by atoms with E-state index in [1.807, 2.05) is 13.8 Å². The molecule has 0 saturated carbocycles. The zero-order valence-corrected chi connectivity index (χ0v) is 17.8. The predicted octanol–water partition coefficient (Wildman–Crippen LogP) is 5.99. The largest absolute Gasteiger partial charge is 0.416 e. The van der Waals surface area contributed by atoms with E-state index in [-0.39, 0.29) is 34.5 Å². The molecule has 0 spiro atoms. The number of amidine groups is 1. The van der Waals surface area contributed by atoms with Crippen molar-refractivity contribution >= 4 is 22.8 Å². The van der Waals surface area contributed by atoms with Crippen LogP contribution in [0.4, 0.5) is 26.3 Å². The second-order valence-corrected chi connectivity index (χ2v) is 7.20. The van der Waals surface area contributed by atoms with Gasteiger partial charge in [0.15, 0.2) is 5.17 Å². The lowest BCUT2D eigenvalue weighted by atomic mass is 9.93. The summed E-state index contributed by atoms with van der Waals surface area (Å²) in [6.45, 7) is 5.15. The number of terminal acetylenes is 1. The third kappa shape index (κ3) is 8.69. The molecule has 30 heavy (non-hydrogen) atoms. The summed E-state index contributed by atoms with van der Waals surface area (Å²) >= 11 is 1.05. The molecule has 1 aromatic carbocycles. The Kier molecular flexibility index (Phi) is 11.0. The van der Waals surface area contributed by atoms with E-state index in [4.69, 9.17) is 0 Å². The second kappa shape index (κ2) is 11.9. The minimum atomic E-state index is -4.91. The summed E-state index contributed by atoms with van der Waals surface area (Å²) in [4.78, 5) is 16.2. The SMILES string of the molecule is C#C.CCC(C)C(C)C(=O)NC(=NCc1cc(C(F)(F)F)cc(C(F)(F)F)c1)SC. The van der Waals surface area contributed by atoms with E-state index in [1.165, 1.54) is 0 Å². The molecule has 1 amide bonds. The molecule has 2 atom stereocenters. The van der Waals surface area contributed by atoms with Crippen molar-refractivity contribution in [2.24, 2.45) is 16.8 Å². The van der Waals surface area contributed by atoms with E-state index in [0.29, 0.717) is 12.1 Å². The van der Waals surface area contributed by atoms with Gasteiger partial charge in [0, 0.05) is 5.92 Å². The van der Waals surface area contributed by atoms with Crippen LogP contribution in [-0.2, 0) is 23.7 Å². The molecule has 0 heterocycles. The Hall–Kier alpha value is -2.15. The lowest BCUT2D eigenvalue weighted by molar-refractivity contribution is -0.143. The van der Waals surface area contributed by atoms with Crippen LogP contribution >= 0.6 is 11.8 Å². The van der Waals surface area contributed by atoms with Crippen LogP contribution in [0.25, 0.3) is 0 Å². The summed E-state index contributed by atoms with van der Waals surface area (Å²) in [5, 5.41) is 2.70. The number of thioether (sulfide) groups is 1. The van der Waals surface area contributed by atoms with E-state index in [2.05, 4.69) is 23.2 Å². The number of hydrogen-bond acceptors (Lipinski definition) is 3. The molecule has 0 aliphatic carbocycles. The minimum Gasteiger partial charge on any atom is -0.305 e. The smallest absolute Gasteiger partial charge is 0.305 e. The molecule has 0 fully saturated rings. The second-order valence-electron chi connectivity index (χ2n) is 6.40. The molecule has 3 nitrogen and oxygen atoms in total. The Bertz CT molecular complexity index is 724. The van der Waals surface area contributed by atoms with Crippen LogP contribution in [0.1, 0.15) is 43.9 Å². The molecule has 0 bridgehead atoms. The Morgan fingerprint density at radius 1 is 1.07 bits per heavy atom. The maximum Gasteiger partial charge on any atom is 0.416 e. The molecule has 0 saturated heterocycles. The van der Waals surface area contributed by atoms with Gasteiger partial charge in [-0.25, -0.2) is 0 Å². The van der Waals surface area contributed by atoms with Gasteiger partial charge in [0.25, 0.3) is 0 Å². The number of nitrogens with zero attached hydrogens (tertiary/aromatic N) is 1. The summed E-state index contributed by atoms with van der Waals surface area (Å²) in [6, 6.07) is 1.32. The van der Waals surface area contributed by atoms with Gasteiger partial charge < -0.3 is 5.32 Å². The summed E-state index contributed by atoms with van der Waals surface area (Å²) in [5.41, 5.74) is -3.04. The highest BCUT2D eigenvalue weighted by molar-refractivity contribution is 8.13. The van der Waals surface area contributed by atoms with Gasteiger partial charge in [0.2, 0.25) is 5.91 Å². The highest BCUT2D eigenvalue weighted by Gasteiger charge is 2.36. The highest BCUT2D eigenvalue weighted by Crippen LogP contribution is 2.36. The van der Waals surface area contributed by atoms with Crippen LogP contribution in [0.2, 0.25) is 0 Å². The fourth-order valence-corrected chi connectivity index (χ4v) is 2.66. The molecule has 1 N–H and O–H groups in total. The molecule has 1 rings (SSSR count). The summed E-state index contributed by atoms with van der Waals surface area (Å²) < 4.78 is 77.4. The first kappa shape index (κ1) is 27.8. The van der Waals surface area contributed by atoms with Gasteiger partial charge in [-0.3, -0.25) is 9.79 Å². The Morgan fingerprint density at radius 2 is 1.53 bits per heavy atom. The van der Waals surface area contributed by atoms with Crippen molar-refractivity contribution in [2.45, 2.75) is 46.1 Å². The summed E-state index contributed by atoms with van der Waals surface area (Å²) in [7, 11) is 0. The standard InChI is InChI=1S/C18H22F6N2OS.C2H2/c1-5-10(2)11(3)15(27)26-16(28-4)25-9-12-6-13(17(19,20)21)8-14(7-12)18(22,23)24;1-2/h6-8,10-11H,5,9H2,1-4H3,(H,25,26,27);1-2H. The van der Waals surface area contributed by atoms with Crippen molar-refractivity contribution in [1.82, 2.24) is 5.32 Å². The van der Waals surface area contributed by atoms with Crippen LogP contribution in [0.15, 0.2) is 23.2 Å². The number of carbonyl (C=O) groups excluding carboxylic acids is 1. The number of alkyl halides is 6. The molecule has 10 heteroatoms. The molecule has 0 radical (unpaired) electrons. The van der Waals surface area contributed by atoms with E-state index < -0.39 is 30.0 Å². The molecular formula is C20H24F6N2OS. The number of amides is 1. The fourth-order valence-electron chi connectivity index (χ4n) is 2.26.